The van der Waals surface area contributed by atoms with Gasteiger partial charge in [0.05, 0.1) is 23.1 Å². The van der Waals surface area contributed by atoms with Crippen LogP contribution in [0.3, 0.4) is 0 Å². The van der Waals surface area contributed by atoms with Crippen molar-refractivity contribution in [2.24, 2.45) is 0 Å². The van der Waals surface area contributed by atoms with Crippen molar-refractivity contribution in [3.63, 3.8) is 0 Å². The maximum Gasteiger partial charge on any atom is 0.146 e. The van der Waals surface area contributed by atoms with Gasteiger partial charge in [-0.1, -0.05) is 23.7 Å². The number of hydrogen-bond donors (Lipinski definition) is 1. The van der Waals surface area contributed by atoms with Crippen LogP contribution in [-0.4, -0.2) is 15.0 Å². The van der Waals surface area contributed by atoms with Crippen LogP contribution in [0.25, 0.3) is 5.69 Å². The average Bonchev–Trinajstić information content (AvgIpc) is 3.04. The lowest BCUT2D eigenvalue weighted by Crippen LogP contribution is -2.03. The Hall–Kier alpha value is -2.40. The number of hydrogen-bond acceptors (Lipinski definition) is 3. The van der Waals surface area contributed by atoms with Crippen LogP contribution in [0.4, 0.5) is 10.1 Å². The molecule has 106 valence electrons. The molecular formula is C15H12ClFN4. The third-order valence-corrected chi connectivity index (χ3v) is 3.32. The topological polar surface area (TPSA) is 42.7 Å². The molecule has 1 aromatic heterocycles. The van der Waals surface area contributed by atoms with Crippen LogP contribution < -0.4 is 5.32 Å². The van der Waals surface area contributed by atoms with Crippen LogP contribution in [0.5, 0.6) is 0 Å². The van der Waals surface area contributed by atoms with Crippen molar-refractivity contribution in [3.8, 4) is 5.69 Å². The van der Waals surface area contributed by atoms with Crippen molar-refractivity contribution < 1.29 is 4.39 Å². The highest BCUT2D eigenvalue weighted by atomic mass is 35.5. The summed E-state index contributed by atoms with van der Waals surface area (Å²) in [6.45, 7) is 0.367. The quantitative estimate of drug-likeness (QED) is 0.799. The monoisotopic (exact) mass is 302 g/mol. The Balaban J connectivity index is 1.70. The van der Waals surface area contributed by atoms with Crippen LogP contribution >= 0.6 is 11.6 Å². The van der Waals surface area contributed by atoms with Gasteiger partial charge in [-0.2, -0.15) is 15.0 Å². The third-order valence-electron chi connectivity index (χ3n) is 3.03. The molecule has 6 heteroatoms. The molecular weight excluding hydrogens is 291 g/mol. The molecule has 2 aromatic carbocycles. The van der Waals surface area contributed by atoms with E-state index < -0.39 is 0 Å². The van der Waals surface area contributed by atoms with Crippen molar-refractivity contribution in [3.05, 3.63) is 71.3 Å². The normalized spacial score (nSPS) is 10.6. The summed E-state index contributed by atoms with van der Waals surface area (Å²) in [5, 5.41) is 11.4. The number of rotatable bonds is 4. The first-order valence-corrected chi connectivity index (χ1v) is 6.75. The molecule has 3 aromatic rings. The van der Waals surface area contributed by atoms with E-state index in [1.807, 2.05) is 24.3 Å². The van der Waals surface area contributed by atoms with Gasteiger partial charge in [0.1, 0.15) is 5.82 Å². The Morgan fingerprint density at radius 1 is 1.05 bits per heavy atom. The second-order valence-corrected chi connectivity index (χ2v) is 4.84. The molecule has 0 fully saturated rings. The lowest BCUT2D eigenvalue weighted by molar-refractivity contribution is 0.613. The zero-order chi connectivity index (χ0) is 14.7. The van der Waals surface area contributed by atoms with E-state index in [0.717, 1.165) is 11.4 Å². The lowest BCUT2D eigenvalue weighted by Gasteiger charge is -2.09. The molecule has 3 rings (SSSR count). The summed E-state index contributed by atoms with van der Waals surface area (Å²) >= 11 is 5.75. The van der Waals surface area contributed by atoms with Gasteiger partial charge in [-0.05, 0) is 30.3 Å². The Morgan fingerprint density at radius 2 is 1.76 bits per heavy atom. The van der Waals surface area contributed by atoms with Crippen LogP contribution in [0.2, 0.25) is 5.02 Å². The number of benzene rings is 2. The SMILES string of the molecule is Fc1c(Cl)cccc1CNc1ccc(-n2nccn2)cc1. The molecule has 21 heavy (non-hydrogen) atoms. The van der Waals surface area contributed by atoms with Crippen molar-refractivity contribution in [2.45, 2.75) is 6.54 Å². The van der Waals surface area contributed by atoms with E-state index in [4.69, 9.17) is 11.6 Å². The molecule has 0 spiro atoms. The van der Waals surface area contributed by atoms with Gasteiger partial charge in [-0.25, -0.2) is 4.39 Å². The van der Waals surface area contributed by atoms with Crippen LogP contribution in [0, 0.1) is 5.82 Å². The molecule has 0 aliphatic carbocycles. The Morgan fingerprint density at radius 3 is 2.48 bits per heavy atom. The number of halogens is 2. The summed E-state index contributed by atoms with van der Waals surface area (Å²) in [7, 11) is 0. The second kappa shape index (κ2) is 5.93. The standard InChI is InChI=1S/C15H12ClFN4/c16-14-3-1-2-11(15(14)17)10-18-12-4-6-13(7-5-12)21-19-8-9-20-21/h1-9,18H,10H2. The second-order valence-electron chi connectivity index (χ2n) is 4.43. The number of nitrogens with one attached hydrogen (secondary N) is 1. The van der Waals surface area contributed by atoms with Gasteiger partial charge in [-0.3, -0.25) is 0 Å². The molecule has 0 bridgehead atoms. The van der Waals surface area contributed by atoms with Gasteiger partial charge in [-0.15, -0.1) is 0 Å². The fourth-order valence-corrected chi connectivity index (χ4v) is 2.14. The molecule has 0 saturated carbocycles. The maximum atomic E-state index is 13.8. The number of aromatic nitrogens is 3. The lowest BCUT2D eigenvalue weighted by atomic mass is 10.2. The van der Waals surface area contributed by atoms with E-state index in [-0.39, 0.29) is 10.8 Å². The molecule has 1 heterocycles. The minimum absolute atomic E-state index is 0.134. The summed E-state index contributed by atoms with van der Waals surface area (Å²) < 4.78 is 13.8. The minimum Gasteiger partial charge on any atom is -0.381 e. The molecule has 1 N–H and O–H groups in total. The van der Waals surface area contributed by atoms with Crippen LogP contribution in [0.15, 0.2) is 54.9 Å². The Kier molecular flexibility index (Phi) is 3.83. The molecule has 0 amide bonds. The van der Waals surface area contributed by atoms with Crippen molar-refractivity contribution in [1.82, 2.24) is 15.0 Å². The zero-order valence-corrected chi connectivity index (χ0v) is 11.8. The summed E-state index contributed by atoms with van der Waals surface area (Å²) in [4.78, 5) is 1.53. The van der Waals surface area contributed by atoms with Gasteiger partial charge in [0.2, 0.25) is 0 Å². The molecule has 0 aliphatic heterocycles. The average molecular weight is 303 g/mol. The van der Waals surface area contributed by atoms with E-state index in [9.17, 15) is 4.39 Å². The highest BCUT2D eigenvalue weighted by molar-refractivity contribution is 6.30. The van der Waals surface area contributed by atoms with E-state index >= 15 is 0 Å². The zero-order valence-electron chi connectivity index (χ0n) is 11.0. The predicted octanol–water partition coefficient (Wildman–Crippen LogP) is 3.67. The number of nitrogens with zero attached hydrogens (tertiary/aromatic N) is 3. The van der Waals surface area contributed by atoms with Crippen LogP contribution in [-0.2, 0) is 6.54 Å². The molecule has 0 radical (unpaired) electrons. The highest BCUT2D eigenvalue weighted by Crippen LogP contribution is 2.19. The van der Waals surface area contributed by atoms with Crippen LogP contribution in [0.1, 0.15) is 5.56 Å². The van der Waals surface area contributed by atoms with E-state index in [1.165, 1.54) is 10.9 Å². The molecule has 0 aliphatic rings. The predicted molar refractivity (Wildman–Crippen MR) is 80.1 cm³/mol. The summed E-state index contributed by atoms with van der Waals surface area (Å²) in [5.74, 6) is -0.385. The third kappa shape index (κ3) is 3.03. The molecule has 4 nitrogen and oxygen atoms in total. The van der Waals surface area contributed by atoms with E-state index in [1.54, 1.807) is 24.5 Å². The fourth-order valence-electron chi connectivity index (χ4n) is 1.94. The minimum atomic E-state index is -0.385. The molecule has 0 unspecified atom stereocenters. The van der Waals surface area contributed by atoms with Gasteiger partial charge >= 0.3 is 0 Å². The molecule has 0 atom stereocenters. The van der Waals surface area contributed by atoms with Gasteiger partial charge < -0.3 is 5.32 Å². The van der Waals surface area contributed by atoms with Gasteiger partial charge in [0.15, 0.2) is 0 Å². The number of anilines is 1. The van der Waals surface area contributed by atoms with Crippen molar-refractivity contribution in [2.75, 3.05) is 5.32 Å². The maximum absolute atomic E-state index is 13.8. The first kappa shape index (κ1) is 13.6. The fraction of sp³-hybridized carbons (Fsp3) is 0.0667. The van der Waals surface area contributed by atoms with Crippen molar-refractivity contribution >= 4 is 17.3 Å². The highest BCUT2D eigenvalue weighted by Gasteiger charge is 2.05. The largest absolute Gasteiger partial charge is 0.381 e. The first-order chi connectivity index (χ1) is 10.2. The summed E-state index contributed by atoms with van der Waals surface area (Å²) in [6.07, 6.45) is 3.24. The molecule has 0 saturated heterocycles. The summed E-state index contributed by atoms with van der Waals surface area (Å²) in [6, 6.07) is 12.5. The van der Waals surface area contributed by atoms with E-state index in [2.05, 4.69) is 15.5 Å². The smallest absolute Gasteiger partial charge is 0.146 e. The van der Waals surface area contributed by atoms with Gasteiger partial charge in [0, 0.05) is 17.8 Å². The Bertz CT molecular complexity index is 726. The summed E-state index contributed by atoms with van der Waals surface area (Å²) in [5.41, 5.74) is 2.27. The van der Waals surface area contributed by atoms with Gasteiger partial charge in [0.25, 0.3) is 0 Å². The van der Waals surface area contributed by atoms with E-state index in [0.29, 0.717) is 12.1 Å². The Labute approximate surface area is 126 Å². The first-order valence-electron chi connectivity index (χ1n) is 6.37. The van der Waals surface area contributed by atoms with Crippen molar-refractivity contribution in [1.29, 1.82) is 0 Å².